The molecule has 1 aromatic heterocycles. The molecule has 0 radical (unpaired) electrons. The maximum absolute atomic E-state index is 13.4. The summed E-state index contributed by atoms with van der Waals surface area (Å²) < 4.78 is 26.8. The highest BCUT2D eigenvalue weighted by Crippen LogP contribution is 2.30. The quantitative estimate of drug-likeness (QED) is 0.544. The summed E-state index contributed by atoms with van der Waals surface area (Å²) in [5.74, 6) is 0.718. The second-order valence-corrected chi connectivity index (χ2v) is 7.81. The first-order valence-corrected chi connectivity index (χ1v) is 10.6. The van der Waals surface area contributed by atoms with Gasteiger partial charge in [-0.2, -0.15) is 0 Å². The first kappa shape index (κ1) is 20.5. The van der Waals surface area contributed by atoms with Crippen LogP contribution in [0, 0.1) is 11.6 Å². The zero-order valence-electron chi connectivity index (χ0n) is 17.1. The third kappa shape index (κ3) is 5.22. The van der Waals surface area contributed by atoms with Gasteiger partial charge in [-0.1, -0.05) is 30.3 Å². The van der Waals surface area contributed by atoms with Gasteiger partial charge in [-0.05, 0) is 66.9 Å². The van der Waals surface area contributed by atoms with Crippen LogP contribution in [0.15, 0.2) is 72.9 Å². The lowest BCUT2D eigenvalue weighted by atomic mass is 9.87. The summed E-state index contributed by atoms with van der Waals surface area (Å²) in [5, 5.41) is 0. The van der Waals surface area contributed by atoms with Crippen LogP contribution in [0.2, 0.25) is 0 Å². The zero-order chi connectivity index (χ0) is 20.8. The van der Waals surface area contributed by atoms with Gasteiger partial charge >= 0.3 is 0 Å². The molecule has 3 aromatic rings. The van der Waals surface area contributed by atoms with Crippen molar-refractivity contribution in [3.8, 4) is 0 Å². The third-order valence-corrected chi connectivity index (χ3v) is 5.86. The maximum atomic E-state index is 13.4. The lowest BCUT2D eigenvalue weighted by Crippen LogP contribution is -2.46. The van der Waals surface area contributed by atoms with Crippen LogP contribution in [0.1, 0.15) is 29.9 Å². The molecule has 4 rings (SSSR count). The summed E-state index contributed by atoms with van der Waals surface area (Å²) in [6, 6.07) is 19.4. The van der Waals surface area contributed by atoms with Crippen LogP contribution in [0.4, 0.5) is 14.6 Å². The Morgan fingerprint density at radius 2 is 1.37 bits per heavy atom. The number of halogens is 2. The van der Waals surface area contributed by atoms with Crippen molar-refractivity contribution in [2.24, 2.45) is 0 Å². The molecule has 1 saturated heterocycles. The predicted molar refractivity (Wildman–Crippen MR) is 117 cm³/mol. The molecule has 30 heavy (non-hydrogen) atoms. The SMILES string of the molecule is Fc1ccc(C(CCCN2CCN(c3ccccn3)CC2)c2ccc(F)cc2)cc1. The van der Waals surface area contributed by atoms with Crippen molar-refractivity contribution in [3.63, 3.8) is 0 Å². The number of aromatic nitrogens is 1. The van der Waals surface area contributed by atoms with E-state index in [0.29, 0.717) is 0 Å². The number of nitrogens with zero attached hydrogens (tertiary/aromatic N) is 3. The average Bonchev–Trinajstić information content (AvgIpc) is 2.79. The molecular weight excluding hydrogens is 380 g/mol. The van der Waals surface area contributed by atoms with E-state index in [4.69, 9.17) is 0 Å². The van der Waals surface area contributed by atoms with Crippen LogP contribution in [0.5, 0.6) is 0 Å². The second-order valence-electron chi connectivity index (χ2n) is 7.81. The second kappa shape index (κ2) is 9.81. The Hall–Kier alpha value is -2.79. The summed E-state index contributed by atoms with van der Waals surface area (Å²) in [7, 11) is 0. The van der Waals surface area contributed by atoms with Gasteiger partial charge in [0.2, 0.25) is 0 Å². The lowest BCUT2D eigenvalue weighted by molar-refractivity contribution is 0.251. The lowest BCUT2D eigenvalue weighted by Gasteiger charge is -2.35. The van der Waals surface area contributed by atoms with E-state index in [9.17, 15) is 8.78 Å². The molecule has 0 N–H and O–H groups in total. The Morgan fingerprint density at radius 3 is 1.90 bits per heavy atom. The molecule has 0 bridgehead atoms. The minimum absolute atomic E-state index is 0.140. The molecule has 2 aromatic carbocycles. The summed E-state index contributed by atoms with van der Waals surface area (Å²) in [5.41, 5.74) is 2.14. The molecule has 1 aliphatic rings. The fraction of sp³-hybridized carbons (Fsp3) is 0.320. The summed E-state index contributed by atoms with van der Waals surface area (Å²) in [4.78, 5) is 9.27. The first-order valence-electron chi connectivity index (χ1n) is 10.6. The molecule has 156 valence electrons. The van der Waals surface area contributed by atoms with E-state index in [1.807, 2.05) is 42.6 Å². The van der Waals surface area contributed by atoms with E-state index in [0.717, 1.165) is 62.5 Å². The molecule has 0 atom stereocenters. The Labute approximate surface area is 177 Å². The molecule has 1 fully saturated rings. The highest BCUT2D eigenvalue weighted by molar-refractivity contribution is 5.38. The maximum Gasteiger partial charge on any atom is 0.128 e. The molecule has 0 amide bonds. The van der Waals surface area contributed by atoms with E-state index in [2.05, 4.69) is 20.9 Å². The number of anilines is 1. The van der Waals surface area contributed by atoms with Crippen LogP contribution < -0.4 is 4.90 Å². The first-order chi connectivity index (χ1) is 14.7. The van der Waals surface area contributed by atoms with Crippen LogP contribution >= 0.6 is 0 Å². The van der Waals surface area contributed by atoms with Crippen molar-refractivity contribution in [1.29, 1.82) is 0 Å². The van der Waals surface area contributed by atoms with E-state index in [-0.39, 0.29) is 17.6 Å². The number of hydrogen-bond donors (Lipinski definition) is 0. The highest BCUT2D eigenvalue weighted by atomic mass is 19.1. The van der Waals surface area contributed by atoms with Crippen LogP contribution in [-0.4, -0.2) is 42.6 Å². The fourth-order valence-corrected chi connectivity index (χ4v) is 4.18. The van der Waals surface area contributed by atoms with Crippen molar-refractivity contribution in [1.82, 2.24) is 9.88 Å². The number of pyridine rings is 1. The number of piperazine rings is 1. The van der Waals surface area contributed by atoms with Gasteiger partial charge < -0.3 is 4.90 Å². The minimum Gasteiger partial charge on any atom is -0.354 e. The van der Waals surface area contributed by atoms with Crippen molar-refractivity contribution >= 4 is 5.82 Å². The highest BCUT2D eigenvalue weighted by Gasteiger charge is 2.19. The predicted octanol–water partition coefficient (Wildman–Crippen LogP) is 5.09. The Bertz CT molecular complexity index is 860. The molecule has 0 unspecified atom stereocenters. The minimum atomic E-state index is -0.234. The van der Waals surface area contributed by atoms with Gasteiger partial charge in [0.15, 0.2) is 0 Å². The van der Waals surface area contributed by atoms with E-state index in [1.54, 1.807) is 0 Å². The van der Waals surface area contributed by atoms with Crippen molar-refractivity contribution in [3.05, 3.63) is 95.7 Å². The number of benzene rings is 2. The molecule has 0 saturated carbocycles. The summed E-state index contributed by atoms with van der Waals surface area (Å²) in [6.45, 7) is 5.03. The molecule has 0 aliphatic carbocycles. The summed E-state index contributed by atoms with van der Waals surface area (Å²) >= 11 is 0. The molecule has 5 heteroatoms. The van der Waals surface area contributed by atoms with E-state index in [1.165, 1.54) is 24.3 Å². The molecule has 1 aliphatic heterocycles. The fourth-order valence-electron chi connectivity index (χ4n) is 4.18. The standard InChI is InChI=1S/C25H27F2N3/c26-22-10-6-20(7-11-22)24(21-8-12-23(27)13-9-21)4-3-15-29-16-18-30(19-17-29)25-5-1-2-14-28-25/h1-2,5-14,24H,3-4,15-19H2. The van der Waals surface area contributed by atoms with Crippen molar-refractivity contribution in [2.75, 3.05) is 37.6 Å². The smallest absolute Gasteiger partial charge is 0.128 e. The van der Waals surface area contributed by atoms with Crippen LogP contribution in [0.25, 0.3) is 0 Å². The van der Waals surface area contributed by atoms with Crippen molar-refractivity contribution in [2.45, 2.75) is 18.8 Å². The third-order valence-electron chi connectivity index (χ3n) is 5.86. The van der Waals surface area contributed by atoms with Gasteiger partial charge in [0, 0.05) is 38.3 Å². The molecular formula is C25H27F2N3. The van der Waals surface area contributed by atoms with Gasteiger partial charge in [0.05, 0.1) is 0 Å². The van der Waals surface area contributed by atoms with Gasteiger partial charge in [-0.15, -0.1) is 0 Å². The van der Waals surface area contributed by atoms with Crippen molar-refractivity contribution < 1.29 is 8.78 Å². The van der Waals surface area contributed by atoms with E-state index >= 15 is 0 Å². The van der Waals surface area contributed by atoms with Gasteiger partial charge in [-0.25, -0.2) is 13.8 Å². The number of rotatable bonds is 7. The molecule has 2 heterocycles. The van der Waals surface area contributed by atoms with Gasteiger partial charge in [0.1, 0.15) is 17.5 Å². The van der Waals surface area contributed by atoms with Gasteiger partial charge in [0.25, 0.3) is 0 Å². The average molecular weight is 408 g/mol. The Kier molecular flexibility index (Phi) is 6.70. The zero-order valence-corrected chi connectivity index (χ0v) is 17.1. The Morgan fingerprint density at radius 1 is 0.767 bits per heavy atom. The topological polar surface area (TPSA) is 19.4 Å². The van der Waals surface area contributed by atoms with Gasteiger partial charge in [-0.3, -0.25) is 4.90 Å². The Balaban J connectivity index is 1.34. The van der Waals surface area contributed by atoms with Crippen LogP contribution in [-0.2, 0) is 0 Å². The summed E-state index contributed by atoms with van der Waals surface area (Å²) in [6.07, 6.45) is 3.81. The largest absolute Gasteiger partial charge is 0.354 e. The van der Waals surface area contributed by atoms with E-state index < -0.39 is 0 Å². The molecule has 3 nitrogen and oxygen atoms in total. The monoisotopic (exact) mass is 407 g/mol. The number of hydrogen-bond acceptors (Lipinski definition) is 3. The van der Waals surface area contributed by atoms with Crippen LogP contribution in [0.3, 0.4) is 0 Å². The molecule has 0 spiro atoms. The normalized spacial score (nSPS) is 15.0.